The fourth-order valence-electron chi connectivity index (χ4n) is 2.38. The van der Waals surface area contributed by atoms with Crippen LogP contribution < -0.4 is 15.4 Å². The van der Waals surface area contributed by atoms with Crippen molar-refractivity contribution < 1.29 is 14.3 Å². The van der Waals surface area contributed by atoms with Gasteiger partial charge in [-0.1, -0.05) is 29.5 Å². The maximum atomic E-state index is 12.4. The second-order valence-electron chi connectivity index (χ2n) is 5.70. The maximum Gasteiger partial charge on any atom is 0.286 e. The molecular weight excluding hydrogens is 364 g/mol. The van der Waals surface area contributed by atoms with Crippen molar-refractivity contribution >= 4 is 28.8 Å². The van der Waals surface area contributed by atoms with Crippen molar-refractivity contribution in [1.29, 1.82) is 0 Å². The van der Waals surface area contributed by atoms with Gasteiger partial charge in [-0.05, 0) is 42.8 Å². The summed E-state index contributed by atoms with van der Waals surface area (Å²) < 4.78 is 5.18. The minimum Gasteiger partial charge on any atom is -0.497 e. The first kappa shape index (κ1) is 18.5. The van der Waals surface area contributed by atoms with E-state index in [0.717, 1.165) is 11.3 Å². The van der Waals surface area contributed by atoms with Gasteiger partial charge in [-0.15, -0.1) is 10.2 Å². The zero-order chi connectivity index (χ0) is 19.2. The molecule has 0 atom stereocenters. The molecule has 3 aromatic rings. The fraction of sp³-hybridized carbons (Fsp3) is 0.158. The Hall–Kier alpha value is -3.26. The quantitative estimate of drug-likeness (QED) is 0.683. The molecule has 138 valence electrons. The molecule has 0 fully saturated rings. The predicted octanol–water partition coefficient (Wildman–Crippen LogP) is 3.04. The lowest BCUT2D eigenvalue weighted by Gasteiger charge is -2.08. The zero-order valence-electron chi connectivity index (χ0n) is 14.9. The molecule has 0 bridgehead atoms. The molecule has 0 aliphatic rings. The van der Waals surface area contributed by atoms with Crippen LogP contribution >= 0.6 is 11.3 Å². The van der Waals surface area contributed by atoms with Gasteiger partial charge in [-0.3, -0.25) is 9.59 Å². The van der Waals surface area contributed by atoms with Crippen LogP contribution in [-0.4, -0.2) is 29.1 Å². The van der Waals surface area contributed by atoms with Gasteiger partial charge in [-0.25, -0.2) is 0 Å². The average Bonchev–Trinajstić information content (AvgIpc) is 3.13. The van der Waals surface area contributed by atoms with E-state index in [4.69, 9.17) is 4.74 Å². The molecule has 0 radical (unpaired) electrons. The van der Waals surface area contributed by atoms with Gasteiger partial charge in [0, 0.05) is 17.8 Å². The number of nitrogens with one attached hydrogen (secondary N) is 2. The van der Waals surface area contributed by atoms with Crippen LogP contribution in [0.4, 0.5) is 5.69 Å². The van der Waals surface area contributed by atoms with Gasteiger partial charge >= 0.3 is 0 Å². The van der Waals surface area contributed by atoms with E-state index in [1.807, 2.05) is 24.3 Å². The van der Waals surface area contributed by atoms with E-state index in [1.54, 1.807) is 38.3 Å². The molecule has 7 nitrogen and oxygen atoms in total. The summed E-state index contributed by atoms with van der Waals surface area (Å²) in [6, 6.07) is 14.2. The molecule has 0 aliphatic carbocycles. The monoisotopic (exact) mass is 382 g/mol. The Morgan fingerprint density at radius 3 is 2.63 bits per heavy atom. The molecule has 0 spiro atoms. The second kappa shape index (κ2) is 8.41. The summed E-state index contributed by atoms with van der Waals surface area (Å²) in [7, 11) is 1.60. The number of amides is 2. The highest BCUT2D eigenvalue weighted by molar-refractivity contribution is 7.13. The summed E-state index contributed by atoms with van der Waals surface area (Å²) in [6.45, 7) is 2.15. The number of rotatable bonds is 6. The number of hydrogen-bond donors (Lipinski definition) is 2. The molecule has 8 heteroatoms. The Kier molecular flexibility index (Phi) is 5.77. The van der Waals surface area contributed by atoms with Crippen molar-refractivity contribution in [1.82, 2.24) is 15.5 Å². The number of anilines is 1. The molecule has 1 heterocycles. The smallest absolute Gasteiger partial charge is 0.286 e. The lowest BCUT2D eigenvalue weighted by Crippen LogP contribution is -2.23. The molecule has 2 aromatic carbocycles. The van der Waals surface area contributed by atoms with Gasteiger partial charge in [0.05, 0.1) is 7.11 Å². The number of ether oxygens (including phenoxy) is 1. The number of methoxy groups -OCH3 is 1. The van der Waals surface area contributed by atoms with Crippen LogP contribution in [0.5, 0.6) is 5.75 Å². The number of hydrogen-bond acceptors (Lipinski definition) is 6. The standard InChI is InChI=1S/C19H18N4O3S/c1-12-22-23-19(27-12)18(25)21-15-7-4-6-14(10-15)17(24)20-11-13-5-3-8-16(9-13)26-2/h3-10H,11H2,1-2H3,(H,20,24)(H,21,25). The number of nitrogens with zero attached hydrogens (tertiary/aromatic N) is 2. The van der Waals surface area contributed by atoms with Crippen molar-refractivity contribution in [3.05, 3.63) is 69.7 Å². The van der Waals surface area contributed by atoms with Crippen LogP contribution in [0.2, 0.25) is 0 Å². The highest BCUT2D eigenvalue weighted by Crippen LogP contribution is 2.15. The number of aryl methyl sites for hydroxylation is 1. The van der Waals surface area contributed by atoms with Gasteiger partial charge in [-0.2, -0.15) is 0 Å². The number of carbonyl (C=O) groups is 2. The average molecular weight is 382 g/mol. The maximum absolute atomic E-state index is 12.4. The largest absolute Gasteiger partial charge is 0.497 e. The molecule has 27 heavy (non-hydrogen) atoms. The minimum absolute atomic E-state index is 0.235. The van der Waals surface area contributed by atoms with Gasteiger partial charge in [0.2, 0.25) is 5.01 Å². The first-order chi connectivity index (χ1) is 13.0. The summed E-state index contributed by atoms with van der Waals surface area (Å²) in [5, 5.41) is 14.2. The molecule has 3 rings (SSSR count). The minimum atomic E-state index is -0.352. The Morgan fingerprint density at radius 2 is 1.89 bits per heavy atom. The third-order valence-electron chi connectivity index (χ3n) is 3.69. The molecular formula is C19H18N4O3S. The predicted molar refractivity (Wildman–Crippen MR) is 103 cm³/mol. The van der Waals surface area contributed by atoms with E-state index < -0.39 is 0 Å². The molecule has 1 aromatic heterocycles. The van der Waals surface area contributed by atoms with Crippen LogP contribution in [0, 0.1) is 6.92 Å². The highest BCUT2D eigenvalue weighted by atomic mass is 32.1. The van der Waals surface area contributed by atoms with E-state index in [-0.39, 0.29) is 16.8 Å². The summed E-state index contributed by atoms with van der Waals surface area (Å²) in [5.41, 5.74) is 1.89. The lowest BCUT2D eigenvalue weighted by molar-refractivity contribution is 0.0949. The van der Waals surface area contributed by atoms with Gasteiger partial charge in [0.15, 0.2) is 0 Å². The van der Waals surface area contributed by atoms with Crippen molar-refractivity contribution in [2.24, 2.45) is 0 Å². The fourth-order valence-corrected chi connectivity index (χ4v) is 2.96. The molecule has 0 saturated heterocycles. The van der Waals surface area contributed by atoms with Crippen molar-refractivity contribution in [2.75, 3.05) is 12.4 Å². The Balaban J connectivity index is 1.63. The van der Waals surface area contributed by atoms with Crippen molar-refractivity contribution in [3.8, 4) is 5.75 Å². The molecule has 2 N–H and O–H groups in total. The Bertz CT molecular complexity index is 971. The first-order valence-corrected chi connectivity index (χ1v) is 8.99. The van der Waals surface area contributed by atoms with Crippen LogP contribution in [-0.2, 0) is 6.54 Å². The van der Waals surface area contributed by atoms with Crippen LogP contribution in [0.25, 0.3) is 0 Å². The summed E-state index contributed by atoms with van der Waals surface area (Å²) in [4.78, 5) is 24.6. The van der Waals surface area contributed by atoms with Gasteiger partial charge in [0.25, 0.3) is 11.8 Å². The SMILES string of the molecule is COc1cccc(CNC(=O)c2cccc(NC(=O)c3nnc(C)s3)c2)c1. The van der Waals surface area contributed by atoms with E-state index >= 15 is 0 Å². The third kappa shape index (κ3) is 4.89. The zero-order valence-corrected chi connectivity index (χ0v) is 15.7. The van der Waals surface area contributed by atoms with Crippen LogP contribution in [0.3, 0.4) is 0 Å². The van der Waals surface area contributed by atoms with Crippen molar-refractivity contribution in [3.63, 3.8) is 0 Å². The summed E-state index contributed by atoms with van der Waals surface area (Å²) in [5.74, 6) is 0.147. The molecule has 0 unspecified atom stereocenters. The first-order valence-electron chi connectivity index (χ1n) is 8.18. The van der Waals surface area contributed by atoms with Crippen LogP contribution in [0.1, 0.15) is 30.7 Å². The van der Waals surface area contributed by atoms with E-state index in [0.29, 0.717) is 22.8 Å². The highest BCUT2D eigenvalue weighted by Gasteiger charge is 2.13. The Morgan fingerprint density at radius 1 is 1.07 bits per heavy atom. The van der Waals surface area contributed by atoms with E-state index in [9.17, 15) is 9.59 Å². The third-order valence-corrected chi connectivity index (χ3v) is 4.53. The number of benzene rings is 2. The lowest BCUT2D eigenvalue weighted by atomic mass is 10.1. The number of carbonyl (C=O) groups excluding carboxylic acids is 2. The van der Waals surface area contributed by atoms with Gasteiger partial charge < -0.3 is 15.4 Å². The van der Waals surface area contributed by atoms with Gasteiger partial charge in [0.1, 0.15) is 10.8 Å². The molecule has 0 aliphatic heterocycles. The summed E-state index contributed by atoms with van der Waals surface area (Å²) >= 11 is 1.21. The van der Waals surface area contributed by atoms with E-state index in [1.165, 1.54) is 11.3 Å². The topological polar surface area (TPSA) is 93.2 Å². The normalized spacial score (nSPS) is 10.3. The molecule has 0 saturated carbocycles. The van der Waals surface area contributed by atoms with Crippen molar-refractivity contribution in [2.45, 2.75) is 13.5 Å². The number of aromatic nitrogens is 2. The van der Waals surface area contributed by atoms with E-state index in [2.05, 4.69) is 20.8 Å². The summed E-state index contributed by atoms with van der Waals surface area (Å²) in [6.07, 6.45) is 0. The Labute approximate surface area is 160 Å². The van der Waals surface area contributed by atoms with Crippen LogP contribution in [0.15, 0.2) is 48.5 Å². The molecule has 2 amide bonds. The second-order valence-corrected chi connectivity index (χ2v) is 6.88.